The van der Waals surface area contributed by atoms with Gasteiger partial charge in [0.2, 0.25) is 5.91 Å². The molecule has 1 amide bonds. The molecule has 1 heterocycles. The van der Waals surface area contributed by atoms with Crippen LogP contribution in [0.3, 0.4) is 0 Å². The Morgan fingerprint density at radius 2 is 2.24 bits per heavy atom. The Hall–Kier alpha value is -0.800. The first-order chi connectivity index (χ1) is 7.87. The van der Waals surface area contributed by atoms with Crippen LogP contribution in [0.2, 0.25) is 0 Å². The van der Waals surface area contributed by atoms with E-state index in [-0.39, 0.29) is 5.91 Å². The predicted molar refractivity (Wildman–Crippen MR) is 67.9 cm³/mol. The van der Waals surface area contributed by atoms with Gasteiger partial charge in [-0.15, -0.1) is 23.2 Å². The van der Waals surface area contributed by atoms with Crippen molar-refractivity contribution in [1.29, 1.82) is 0 Å². The van der Waals surface area contributed by atoms with Crippen LogP contribution in [-0.4, -0.2) is 27.2 Å². The second-order valence-electron chi connectivity index (χ2n) is 4.74. The van der Waals surface area contributed by atoms with E-state index in [4.69, 9.17) is 23.2 Å². The third kappa shape index (κ3) is 2.26. The van der Waals surface area contributed by atoms with Crippen LogP contribution >= 0.6 is 23.2 Å². The zero-order chi connectivity index (χ0) is 12.7. The lowest BCUT2D eigenvalue weighted by Crippen LogP contribution is -2.34. The third-order valence-corrected chi connectivity index (χ3v) is 4.32. The number of alkyl halides is 2. The summed E-state index contributed by atoms with van der Waals surface area (Å²) in [5.41, 5.74) is 0.343. The van der Waals surface area contributed by atoms with E-state index < -0.39 is 9.75 Å². The fourth-order valence-corrected chi connectivity index (χ4v) is 2.59. The van der Waals surface area contributed by atoms with E-state index in [0.717, 1.165) is 5.56 Å². The molecule has 0 radical (unpaired) electrons. The van der Waals surface area contributed by atoms with Gasteiger partial charge in [0.15, 0.2) is 0 Å². The van der Waals surface area contributed by atoms with Crippen LogP contribution in [0.15, 0.2) is 24.5 Å². The molecule has 0 spiro atoms. The van der Waals surface area contributed by atoms with E-state index in [2.05, 4.69) is 4.98 Å². The Balaban J connectivity index is 2.03. The zero-order valence-electron chi connectivity index (χ0n) is 9.78. The molecular formula is C12H14Cl2N2O. The molecule has 1 aromatic rings. The second-order valence-corrected chi connectivity index (χ2v) is 6.22. The molecule has 1 aliphatic rings. The summed E-state index contributed by atoms with van der Waals surface area (Å²) >= 11 is 12.0. The van der Waals surface area contributed by atoms with Crippen molar-refractivity contribution in [2.24, 2.45) is 5.41 Å². The normalized spacial score (nSPS) is 25.4. The summed E-state index contributed by atoms with van der Waals surface area (Å²) < 4.78 is -0.909. The smallest absolute Gasteiger partial charge is 0.231 e. The van der Waals surface area contributed by atoms with Crippen molar-refractivity contribution in [2.45, 2.75) is 24.2 Å². The maximum Gasteiger partial charge on any atom is 0.231 e. The number of nitrogens with zero attached hydrogens (tertiary/aromatic N) is 2. The molecule has 0 N–H and O–H groups in total. The Morgan fingerprint density at radius 3 is 2.71 bits per heavy atom. The first-order valence-electron chi connectivity index (χ1n) is 5.39. The number of rotatable bonds is 3. The molecule has 17 heavy (non-hydrogen) atoms. The van der Waals surface area contributed by atoms with Crippen molar-refractivity contribution < 1.29 is 4.79 Å². The zero-order valence-corrected chi connectivity index (χ0v) is 11.3. The van der Waals surface area contributed by atoms with Crippen LogP contribution in [0.25, 0.3) is 0 Å². The molecule has 1 atom stereocenters. The maximum absolute atomic E-state index is 12.2. The minimum atomic E-state index is -0.909. The first kappa shape index (κ1) is 12.7. The highest BCUT2D eigenvalue weighted by Crippen LogP contribution is 2.64. The van der Waals surface area contributed by atoms with Gasteiger partial charge in [-0.25, -0.2) is 0 Å². The highest BCUT2D eigenvalue weighted by Gasteiger charge is 2.68. The van der Waals surface area contributed by atoms with E-state index in [9.17, 15) is 4.79 Å². The topological polar surface area (TPSA) is 33.2 Å². The molecule has 2 rings (SSSR count). The number of aromatic nitrogens is 1. The molecule has 0 saturated heterocycles. The van der Waals surface area contributed by atoms with E-state index in [1.807, 2.05) is 12.1 Å². The Bertz CT molecular complexity index is 435. The lowest BCUT2D eigenvalue weighted by molar-refractivity contribution is -0.135. The van der Waals surface area contributed by atoms with Crippen LogP contribution in [0.5, 0.6) is 0 Å². The number of halogens is 2. The molecule has 1 fully saturated rings. The molecule has 1 aromatic heterocycles. The summed E-state index contributed by atoms with van der Waals surface area (Å²) in [7, 11) is 1.75. The average molecular weight is 273 g/mol. The van der Waals surface area contributed by atoms with Crippen molar-refractivity contribution in [3.63, 3.8) is 0 Å². The van der Waals surface area contributed by atoms with Gasteiger partial charge in [0.25, 0.3) is 0 Å². The van der Waals surface area contributed by atoms with Gasteiger partial charge in [-0.2, -0.15) is 0 Å². The number of amides is 1. The maximum atomic E-state index is 12.2. The molecule has 1 saturated carbocycles. The standard InChI is InChI=1S/C12H14Cl2N2O/c1-11(8-12(11,13)14)10(17)16(2)7-9-4-3-5-15-6-9/h3-6H,7-8H2,1-2H3. The monoisotopic (exact) mass is 272 g/mol. The van der Waals surface area contributed by atoms with Crippen LogP contribution in [0, 0.1) is 5.41 Å². The van der Waals surface area contributed by atoms with Crippen molar-refractivity contribution in [3.05, 3.63) is 30.1 Å². The first-order valence-corrected chi connectivity index (χ1v) is 6.15. The van der Waals surface area contributed by atoms with Crippen molar-refractivity contribution in [2.75, 3.05) is 7.05 Å². The summed E-state index contributed by atoms with van der Waals surface area (Å²) in [5, 5.41) is 0. The molecular weight excluding hydrogens is 259 g/mol. The molecule has 5 heteroatoms. The summed E-state index contributed by atoms with van der Waals surface area (Å²) in [5.74, 6) is -0.0219. The minimum Gasteiger partial charge on any atom is -0.341 e. The lowest BCUT2D eigenvalue weighted by atomic mass is 10.1. The summed E-state index contributed by atoms with van der Waals surface area (Å²) in [6.45, 7) is 2.32. The van der Waals surface area contributed by atoms with Crippen molar-refractivity contribution in [1.82, 2.24) is 9.88 Å². The Morgan fingerprint density at radius 1 is 1.59 bits per heavy atom. The van der Waals surface area contributed by atoms with Gasteiger partial charge in [-0.1, -0.05) is 6.07 Å². The van der Waals surface area contributed by atoms with Gasteiger partial charge in [0.1, 0.15) is 4.33 Å². The van der Waals surface area contributed by atoms with E-state index in [1.165, 1.54) is 0 Å². The second kappa shape index (κ2) is 4.14. The molecule has 92 valence electrons. The molecule has 3 nitrogen and oxygen atoms in total. The van der Waals surface area contributed by atoms with Crippen LogP contribution in [0.4, 0.5) is 0 Å². The number of hydrogen-bond acceptors (Lipinski definition) is 2. The van der Waals surface area contributed by atoms with Crippen molar-refractivity contribution in [3.8, 4) is 0 Å². The average Bonchev–Trinajstić information content (AvgIpc) is 2.79. The fraction of sp³-hybridized carbons (Fsp3) is 0.500. The number of carbonyl (C=O) groups is 1. The van der Waals surface area contributed by atoms with E-state index >= 15 is 0 Å². The Kier molecular flexibility index (Phi) is 3.08. The molecule has 0 aromatic carbocycles. The van der Waals surface area contributed by atoms with E-state index in [0.29, 0.717) is 13.0 Å². The number of pyridine rings is 1. The number of hydrogen-bond donors (Lipinski definition) is 0. The third-order valence-electron chi connectivity index (χ3n) is 3.22. The highest BCUT2D eigenvalue weighted by atomic mass is 35.5. The summed E-state index contributed by atoms with van der Waals surface area (Å²) in [6.07, 6.45) is 3.96. The molecule has 0 aliphatic heterocycles. The van der Waals surface area contributed by atoms with Gasteiger partial charge in [0, 0.05) is 26.0 Å². The van der Waals surface area contributed by atoms with Gasteiger partial charge in [-0.3, -0.25) is 9.78 Å². The van der Waals surface area contributed by atoms with Gasteiger partial charge in [-0.05, 0) is 25.0 Å². The van der Waals surface area contributed by atoms with Crippen LogP contribution in [-0.2, 0) is 11.3 Å². The largest absolute Gasteiger partial charge is 0.341 e. The van der Waals surface area contributed by atoms with Crippen molar-refractivity contribution >= 4 is 29.1 Å². The minimum absolute atomic E-state index is 0.0219. The molecule has 0 bridgehead atoms. The molecule has 1 aliphatic carbocycles. The van der Waals surface area contributed by atoms with Crippen LogP contribution < -0.4 is 0 Å². The van der Waals surface area contributed by atoms with Gasteiger partial charge < -0.3 is 4.90 Å². The highest BCUT2D eigenvalue weighted by molar-refractivity contribution is 6.53. The van der Waals surface area contributed by atoms with Gasteiger partial charge >= 0.3 is 0 Å². The SMILES string of the molecule is CN(Cc1cccnc1)C(=O)C1(C)CC1(Cl)Cl. The number of carbonyl (C=O) groups excluding carboxylic acids is 1. The van der Waals surface area contributed by atoms with E-state index in [1.54, 1.807) is 31.3 Å². The Labute approximate surface area is 111 Å². The predicted octanol–water partition coefficient (Wildman–Crippen LogP) is 2.62. The molecule has 1 unspecified atom stereocenters. The summed E-state index contributed by atoms with van der Waals surface area (Å²) in [6, 6.07) is 3.78. The van der Waals surface area contributed by atoms with Gasteiger partial charge in [0.05, 0.1) is 5.41 Å². The van der Waals surface area contributed by atoms with Crippen LogP contribution in [0.1, 0.15) is 18.9 Å². The quantitative estimate of drug-likeness (QED) is 0.793. The summed E-state index contributed by atoms with van der Waals surface area (Å²) in [4.78, 5) is 17.8. The fourth-order valence-electron chi connectivity index (χ4n) is 1.89. The lowest BCUT2D eigenvalue weighted by Gasteiger charge is -2.22.